The minimum atomic E-state index is -0.690. The molecule has 0 aliphatic carbocycles. The Labute approximate surface area is 253 Å². The highest BCUT2D eigenvalue weighted by molar-refractivity contribution is 7.07. The monoisotopic (exact) mass is 591 g/mol. The van der Waals surface area contributed by atoms with E-state index in [0.29, 0.717) is 26.4 Å². The van der Waals surface area contributed by atoms with Crippen molar-refractivity contribution in [2.45, 2.75) is 46.8 Å². The minimum Gasteiger partial charge on any atom is -0.491 e. The van der Waals surface area contributed by atoms with E-state index in [1.54, 1.807) is 18.4 Å². The van der Waals surface area contributed by atoms with Gasteiger partial charge in [0.05, 0.1) is 40.2 Å². The second-order valence-corrected chi connectivity index (χ2v) is 11.8. The van der Waals surface area contributed by atoms with Gasteiger partial charge in [-0.15, -0.1) is 0 Å². The summed E-state index contributed by atoms with van der Waals surface area (Å²) in [5.74, 6) is 0.233. The summed E-state index contributed by atoms with van der Waals surface area (Å²) in [4.78, 5) is 36.5. The van der Waals surface area contributed by atoms with Gasteiger partial charge in [0.1, 0.15) is 5.75 Å². The van der Waals surface area contributed by atoms with E-state index in [0.717, 1.165) is 38.9 Å². The van der Waals surface area contributed by atoms with Crippen molar-refractivity contribution >= 4 is 34.3 Å². The maximum absolute atomic E-state index is 14.3. The van der Waals surface area contributed by atoms with Gasteiger partial charge < -0.3 is 14.5 Å². The lowest BCUT2D eigenvalue weighted by atomic mass is 9.96. The van der Waals surface area contributed by atoms with Crippen molar-refractivity contribution < 1.29 is 14.3 Å². The van der Waals surface area contributed by atoms with Crippen LogP contribution >= 0.6 is 11.3 Å². The van der Waals surface area contributed by atoms with Gasteiger partial charge in [0.2, 0.25) is 0 Å². The first-order chi connectivity index (χ1) is 20.8. The predicted octanol–water partition coefficient (Wildman–Crippen LogP) is 6.04. The van der Waals surface area contributed by atoms with E-state index in [2.05, 4.69) is 36.2 Å². The number of nitrogens with zero attached hydrogens (tertiary/aromatic N) is 2. The Bertz CT molecular complexity index is 2050. The molecule has 3 aromatic carbocycles. The van der Waals surface area contributed by atoms with E-state index in [-0.39, 0.29) is 18.3 Å². The van der Waals surface area contributed by atoms with Crippen LogP contribution in [0.25, 0.3) is 28.2 Å². The molecule has 0 unspecified atom stereocenters. The standard InChI is InChI=1S/C35H33N3O4S/c1-6-41-34(40)29-22(5)36-35-38(32(29)24-15-17-25(18-16-24)42-20(2)3)33(39)28(43-35)19-27-26-14-10-11-21(4)30(26)37-31(27)23-12-8-7-9-13-23/h7-20,32,37H,6H2,1-5H3/b28-19-/t32-/m1/s1. The molecule has 218 valence electrons. The number of nitrogens with one attached hydrogen (secondary N) is 1. The summed E-state index contributed by atoms with van der Waals surface area (Å²) in [7, 11) is 0. The third-order valence-electron chi connectivity index (χ3n) is 7.50. The molecule has 0 fully saturated rings. The number of allylic oxidation sites excluding steroid dienone is 1. The zero-order chi connectivity index (χ0) is 30.2. The largest absolute Gasteiger partial charge is 0.491 e. The first kappa shape index (κ1) is 28.4. The predicted molar refractivity (Wildman–Crippen MR) is 171 cm³/mol. The first-order valence-corrected chi connectivity index (χ1v) is 15.2. The molecule has 0 saturated carbocycles. The average Bonchev–Trinajstić information content (AvgIpc) is 3.51. The summed E-state index contributed by atoms with van der Waals surface area (Å²) in [6.07, 6.45) is 1.97. The number of benzene rings is 3. The Morgan fingerprint density at radius 3 is 2.49 bits per heavy atom. The van der Waals surface area contributed by atoms with Gasteiger partial charge in [0.25, 0.3) is 5.56 Å². The number of esters is 1. The minimum absolute atomic E-state index is 0.0230. The second kappa shape index (κ2) is 11.5. The number of aromatic nitrogens is 2. The molecule has 2 aromatic heterocycles. The molecule has 1 aliphatic rings. The fourth-order valence-electron chi connectivity index (χ4n) is 5.61. The molecule has 43 heavy (non-hydrogen) atoms. The van der Waals surface area contributed by atoms with Gasteiger partial charge >= 0.3 is 5.97 Å². The van der Waals surface area contributed by atoms with Crippen molar-refractivity contribution in [3.8, 4) is 17.0 Å². The summed E-state index contributed by atoms with van der Waals surface area (Å²) in [5.41, 5.74) is 6.49. The van der Waals surface area contributed by atoms with Crippen LogP contribution in [0.4, 0.5) is 0 Å². The Morgan fingerprint density at radius 1 is 1.05 bits per heavy atom. The number of ether oxygens (including phenoxy) is 2. The third kappa shape index (κ3) is 5.23. The molecule has 0 amide bonds. The second-order valence-electron chi connectivity index (χ2n) is 10.8. The molecule has 6 rings (SSSR count). The van der Waals surface area contributed by atoms with Crippen LogP contribution < -0.4 is 19.6 Å². The lowest BCUT2D eigenvalue weighted by molar-refractivity contribution is -0.139. The van der Waals surface area contributed by atoms with Crippen molar-refractivity contribution in [3.05, 3.63) is 120 Å². The Hall–Kier alpha value is -4.69. The van der Waals surface area contributed by atoms with Gasteiger partial charge in [-0.25, -0.2) is 9.79 Å². The zero-order valence-corrected chi connectivity index (χ0v) is 25.6. The highest BCUT2D eigenvalue weighted by atomic mass is 32.1. The van der Waals surface area contributed by atoms with Crippen LogP contribution in [0, 0.1) is 6.92 Å². The number of hydrogen-bond acceptors (Lipinski definition) is 6. The van der Waals surface area contributed by atoms with Crippen LogP contribution in [0.1, 0.15) is 50.4 Å². The molecule has 0 saturated heterocycles. The van der Waals surface area contributed by atoms with Gasteiger partial charge in [-0.1, -0.05) is 72.0 Å². The lowest BCUT2D eigenvalue weighted by Crippen LogP contribution is -2.39. The normalized spacial score (nSPS) is 15.1. The summed E-state index contributed by atoms with van der Waals surface area (Å²) >= 11 is 1.32. The van der Waals surface area contributed by atoms with E-state index in [1.807, 2.05) is 68.5 Å². The van der Waals surface area contributed by atoms with E-state index in [9.17, 15) is 9.59 Å². The summed E-state index contributed by atoms with van der Waals surface area (Å²) in [5, 5.41) is 1.03. The maximum Gasteiger partial charge on any atom is 0.338 e. The number of carbonyl (C=O) groups is 1. The zero-order valence-electron chi connectivity index (χ0n) is 24.8. The molecule has 0 bridgehead atoms. The third-order valence-corrected chi connectivity index (χ3v) is 8.49. The molecular weight excluding hydrogens is 558 g/mol. The molecule has 7 nitrogen and oxygen atoms in total. The van der Waals surface area contributed by atoms with Gasteiger partial charge in [0.15, 0.2) is 4.80 Å². The molecule has 0 radical (unpaired) electrons. The van der Waals surface area contributed by atoms with Crippen LogP contribution in [0.2, 0.25) is 0 Å². The Morgan fingerprint density at radius 2 is 1.79 bits per heavy atom. The molecule has 0 spiro atoms. The summed E-state index contributed by atoms with van der Waals surface area (Å²) in [6.45, 7) is 9.79. The number of carbonyl (C=O) groups excluding carboxylic acids is 1. The van der Waals surface area contributed by atoms with E-state index in [4.69, 9.17) is 14.5 Å². The quantitative estimate of drug-likeness (QED) is 0.234. The highest BCUT2D eigenvalue weighted by Crippen LogP contribution is 2.34. The van der Waals surface area contributed by atoms with Gasteiger partial charge in [0, 0.05) is 16.5 Å². The van der Waals surface area contributed by atoms with Crippen molar-refractivity contribution in [2.24, 2.45) is 4.99 Å². The smallest absolute Gasteiger partial charge is 0.338 e. The van der Waals surface area contributed by atoms with Gasteiger partial charge in [-0.3, -0.25) is 9.36 Å². The molecule has 1 atom stereocenters. The molecule has 3 heterocycles. The number of para-hydroxylation sites is 1. The van der Waals surface area contributed by atoms with Gasteiger partial charge in [-0.05, 0) is 69.5 Å². The van der Waals surface area contributed by atoms with Crippen LogP contribution in [0.15, 0.2) is 93.9 Å². The van der Waals surface area contributed by atoms with Crippen LogP contribution in [0.3, 0.4) is 0 Å². The van der Waals surface area contributed by atoms with Crippen molar-refractivity contribution in [2.75, 3.05) is 6.61 Å². The number of aryl methyl sites for hydroxylation is 1. The fourth-order valence-corrected chi connectivity index (χ4v) is 6.63. The average molecular weight is 592 g/mol. The SMILES string of the molecule is CCOC(=O)C1=C(C)N=c2s/c(=C\c3c(-c4ccccc4)[nH]c4c(C)cccc34)c(=O)n2[C@@H]1c1ccc(OC(C)C)cc1. The number of aromatic amines is 1. The number of thiazole rings is 1. The number of rotatable bonds is 7. The van der Waals surface area contributed by atoms with Crippen LogP contribution in [-0.2, 0) is 9.53 Å². The highest BCUT2D eigenvalue weighted by Gasteiger charge is 2.33. The topological polar surface area (TPSA) is 85.7 Å². The first-order valence-electron chi connectivity index (χ1n) is 14.4. The molecule has 1 aliphatic heterocycles. The molecule has 1 N–H and O–H groups in total. The van der Waals surface area contributed by atoms with E-state index < -0.39 is 12.0 Å². The van der Waals surface area contributed by atoms with Crippen LogP contribution in [0.5, 0.6) is 5.75 Å². The van der Waals surface area contributed by atoms with E-state index >= 15 is 0 Å². The molecule has 5 aromatic rings. The lowest BCUT2D eigenvalue weighted by Gasteiger charge is -2.25. The summed E-state index contributed by atoms with van der Waals surface area (Å²) < 4.78 is 13.4. The molecular formula is C35H33N3O4S. The fraction of sp³-hybridized carbons (Fsp3) is 0.229. The van der Waals surface area contributed by atoms with Crippen molar-refractivity contribution in [1.82, 2.24) is 9.55 Å². The Kier molecular flexibility index (Phi) is 7.62. The number of fused-ring (bicyclic) bond motifs is 2. The van der Waals surface area contributed by atoms with Crippen molar-refractivity contribution in [1.29, 1.82) is 0 Å². The van der Waals surface area contributed by atoms with Crippen LogP contribution in [-0.4, -0.2) is 28.2 Å². The number of H-pyrrole nitrogens is 1. The van der Waals surface area contributed by atoms with E-state index in [1.165, 1.54) is 11.3 Å². The van der Waals surface area contributed by atoms with Crippen molar-refractivity contribution in [3.63, 3.8) is 0 Å². The Balaban J connectivity index is 1.58. The number of hydrogen-bond donors (Lipinski definition) is 1. The van der Waals surface area contributed by atoms with Gasteiger partial charge in [-0.2, -0.15) is 0 Å². The summed E-state index contributed by atoms with van der Waals surface area (Å²) in [6, 6.07) is 23.1. The maximum atomic E-state index is 14.3. The molecule has 8 heteroatoms.